The number of carbonyl (C=O) groups is 1. The van der Waals surface area contributed by atoms with Gasteiger partial charge in [0.15, 0.2) is 0 Å². The van der Waals surface area contributed by atoms with Crippen LogP contribution in [0.25, 0.3) is 0 Å². The van der Waals surface area contributed by atoms with Crippen LogP contribution in [0, 0.1) is 0 Å². The number of nitrogens with one attached hydrogen (secondary N) is 1. The van der Waals surface area contributed by atoms with Gasteiger partial charge in [0.2, 0.25) is 0 Å². The predicted octanol–water partition coefficient (Wildman–Crippen LogP) is 2.64. The standard InChI is InChI=1S/C20H26N2O6S/c1-4-21-20(23)22(13-14-26-2)15-16-5-7-18(8-6-16)28-29(24,25)19-11-9-17(27-3)10-12-19/h5-12H,4,13-15H2,1-3H3,(H,21,23). The number of nitrogens with zero attached hydrogens (tertiary/aromatic N) is 1. The van der Waals surface area contributed by atoms with Crippen LogP contribution in [-0.2, 0) is 21.4 Å². The lowest BCUT2D eigenvalue weighted by Gasteiger charge is -2.22. The lowest BCUT2D eigenvalue weighted by molar-refractivity contribution is 0.147. The minimum Gasteiger partial charge on any atom is -0.497 e. The fourth-order valence-corrected chi connectivity index (χ4v) is 3.44. The third kappa shape index (κ3) is 6.65. The summed E-state index contributed by atoms with van der Waals surface area (Å²) in [5.74, 6) is 0.740. The lowest BCUT2D eigenvalue weighted by Crippen LogP contribution is -2.41. The van der Waals surface area contributed by atoms with E-state index in [1.807, 2.05) is 6.92 Å². The van der Waals surface area contributed by atoms with Gasteiger partial charge in [0.1, 0.15) is 16.4 Å². The molecule has 0 aliphatic carbocycles. The Bertz CT molecular complexity index is 882. The molecule has 0 radical (unpaired) electrons. The second-order valence-corrected chi connectivity index (χ2v) is 7.65. The maximum Gasteiger partial charge on any atom is 0.339 e. The quantitative estimate of drug-likeness (QED) is 0.592. The van der Waals surface area contributed by atoms with Crippen LogP contribution in [0.15, 0.2) is 53.4 Å². The molecule has 0 fully saturated rings. The number of carbonyl (C=O) groups excluding carboxylic acids is 1. The number of ether oxygens (including phenoxy) is 2. The molecule has 2 amide bonds. The zero-order valence-corrected chi connectivity index (χ0v) is 17.6. The summed E-state index contributed by atoms with van der Waals surface area (Å²) in [7, 11) is -0.875. The van der Waals surface area contributed by atoms with Gasteiger partial charge in [0.25, 0.3) is 0 Å². The van der Waals surface area contributed by atoms with Crippen LogP contribution in [0.4, 0.5) is 4.79 Å². The normalized spacial score (nSPS) is 11.0. The van der Waals surface area contributed by atoms with Crippen molar-refractivity contribution in [1.82, 2.24) is 10.2 Å². The van der Waals surface area contributed by atoms with Gasteiger partial charge in [0.05, 0.1) is 13.7 Å². The molecule has 0 spiro atoms. The number of urea groups is 1. The summed E-state index contributed by atoms with van der Waals surface area (Å²) in [6, 6.07) is 12.3. The Morgan fingerprint density at radius 1 is 1.00 bits per heavy atom. The second kappa shape index (κ2) is 10.7. The van der Waals surface area contributed by atoms with E-state index < -0.39 is 10.1 Å². The molecule has 0 unspecified atom stereocenters. The molecule has 2 rings (SSSR count). The van der Waals surface area contributed by atoms with Crippen molar-refractivity contribution in [3.05, 3.63) is 54.1 Å². The van der Waals surface area contributed by atoms with Crippen molar-refractivity contribution in [2.75, 3.05) is 33.9 Å². The molecule has 29 heavy (non-hydrogen) atoms. The smallest absolute Gasteiger partial charge is 0.339 e. The van der Waals surface area contributed by atoms with Crippen LogP contribution in [0.1, 0.15) is 12.5 Å². The molecule has 0 saturated heterocycles. The molecule has 0 bridgehead atoms. The minimum atomic E-state index is -3.95. The van der Waals surface area contributed by atoms with Crippen molar-refractivity contribution < 1.29 is 26.9 Å². The van der Waals surface area contributed by atoms with Gasteiger partial charge in [-0.05, 0) is 48.9 Å². The third-order valence-corrected chi connectivity index (χ3v) is 5.29. The van der Waals surface area contributed by atoms with Crippen molar-refractivity contribution >= 4 is 16.1 Å². The number of hydrogen-bond acceptors (Lipinski definition) is 6. The first-order valence-electron chi connectivity index (χ1n) is 9.08. The molecular formula is C20H26N2O6S. The highest BCUT2D eigenvalue weighted by Gasteiger charge is 2.17. The molecule has 2 aromatic carbocycles. The van der Waals surface area contributed by atoms with Crippen LogP contribution >= 0.6 is 0 Å². The van der Waals surface area contributed by atoms with Gasteiger partial charge >= 0.3 is 16.1 Å². The van der Waals surface area contributed by atoms with E-state index in [0.717, 1.165) is 5.56 Å². The Morgan fingerprint density at radius 2 is 1.62 bits per heavy atom. The Hall–Kier alpha value is -2.78. The lowest BCUT2D eigenvalue weighted by atomic mass is 10.2. The molecule has 8 nitrogen and oxygen atoms in total. The van der Waals surface area contributed by atoms with Gasteiger partial charge in [-0.3, -0.25) is 0 Å². The van der Waals surface area contributed by atoms with E-state index in [1.165, 1.54) is 19.2 Å². The van der Waals surface area contributed by atoms with E-state index in [0.29, 0.717) is 32.0 Å². The highest BCUT2D eigenvalue weighted by molar-refractivity contribution is 7.87. The van der Waals surface area contributed by atoms with Gasteiger partial charge in [-0.15, -0.1) is 0 Å². The fourth-order valence-electron chi connectivity index (χ4n) is 2.50. The molecule has 0 saturated carbocycles. The minimum absolute atomic E-state index is 0.0318. The first kappa shape index (κ1) is 22.5. The van der Waals surface area contributed by atoms with Crippen LogP contribution < -0.4 is 14.2 Å². The van der Waals surface area contributed by atoms with E-state index in [9.17, 15) is 13.2 Å². The van der Waals surface area contributed by atoms with E-state index in [4.69, 9.17) is 13.7 Å². The Labute approximate surface area is 171 Å². The SMILES string of the molecule is CCNC(=O)N(CCOC)Cc1ccc(OS(=O)(=O)c2ccc(OC)cc2)cc1. The van der Waals surface area contributed by atoms with Crippen molar-refractivity contribution in [2.45, 2.75) is 18.4 Å². The predicted molar refractivity (Wildman–Crippen MR) is 109 cm³/mol. The third-order valence-electron chi connectivity index (χ3n) is 4.03. The number of rotatable bonds is 10. The largest absolute Gasteiger partial charge is 0.497 e. The van der Waals surface area contributed by atoms with E-state index >= 15 is 0 Å². The topological polar surface area (TPSA) is 94.2 Å². The molecule has 0 atom stereocenters. The Kier molecular flexibility index (Phi) is 8.29. The molecule has 1 N–H and O–H groups in total. The maximum absolute atomic E-state index is 12.4. The summed E-state index contributed by atoms with van der Waals surface area (Å²) in [4.78, 5) is 13.8. The van der Waals surface area contributed by atoms with E-state index in [2.05, 4.69) is 5.32 Å². The number of benzene rings is 2. The van der Waals surface area contributed by atoms with Crippen LogP contribution in [0.2, 0.25) is 0 Å². The van der Waals surface area contributed by atoms with Gasteiger partial charge in [-0.25, -0.2) is 4.79 Å². The highest BCUT2D eigenvalue weighted by atomic mass is 32.2. The van der Waals surface area contributed by atoms with Crippen molar-refractivity contribution in [1.29, 1.82) is 0 Å². The summed E-state index contributed by atoms with van der Waals surface area (Å²) < 4.78 is 40.1. The van der Waals surface area contributed by atoms with Crippen LogP contribution in [0.3, 0.4) is 0 Å². The van der Waals surface area contributed by atoms with Gasteiger partial charge in [-0.1, -0.05) is 12.1 Å². The van der Waals surface area contributed by atoms with Crippen LogP contribution in [0.5, 0.6) is 11.5 Å². The van der Waals surface area contributed by atoms with Gasteiger partial charge in [-0.2, -0.15) is 8.42 Å². The highest BCUT2D eigenvalue weighted by Crippen LogP contribution is 2.21. The molecule has 0 aliphatic rings. The number of hydrogen-bond donors (Lipinski definition) is 1. The second-order valence-electron chi connectivity index (χ2n) is 6.11. The first-order chi connectivity index (χ1) is 13.9. The molecule has 158 valence electrons. The maximum atomic E-state index is 12.4. The summed E-state index contributed by atoms with van der Waals surface area (Å²) in [5.41, 5.74) is 0.835. The van der Waals surface area contributed by atoms with Crippen LogP contribution in [-0.4, -0.2) is 53.3 Å². The Morgan fingerprint density at radius 3 is 2.17 bits per heavy atom. The molecule has 0 aliphatic heterocycles. The molecule has 2 aromatic rings. The van der Waals surface area contributed by atoms with Gasteiger partial charge < -0.3 is 23.9 Å². The van der Waals surface area contributed by atoms with Gasteiger partial charge in [0, 0.05) is 26.7 Å². The summed E-state index contributed by atoms with van der Waals surface area (Å²) in [5, 5.41) is 2.76. The van der Waals surface area contributed by atoms with E-state index in [1.54, 1.807) is 48.4 Å². The fraction of sp³-hybridized carbons (Fsp3) is 0.350. The van der Waals surface area contributed by atoms with E-state index in [-0.39, 0.29) is 16.7 Å². The molecule has 0 heterocycles. The average Bonchev–Trinajstić information content (AvgIpc) is 2.72. The molecule has 0 aromatic heterocycles. The summed E-state index contributed by atoms with van der Waals surface area (Å²) in [6.45, 7) is 3.59. The van der Waals surface area contributed by atoms with Crippen molar-refractivity contribution in [2.24, 2.45) is 0 Å². The summed E-state index contributed by atoms with van der Waals surface area (Å²) >= 11 is 0. The summed E-state index contributed by atoms with van der Waals surface area (Å²) in [6.07, 6.45) is 0. The van der Waals surface area contributed by atoms with Crippen molar-refractivity contribution in [3.63, 3.8) is 0 Å². The first-order valence-corrected chi connectivity index (χ1v) is 10.5. The number of amides is 2. The van der Waals surface area contributed by atoms with Crippen molar-refractivity contribution in [3.8, 4) is 11.5 Å². The average molecular weight is 423 g/mol. The number of methoxy groups -OCH3 is 2. The zero-order valence-electron chi connectivity index (χ0n) is 16.8. The monoisotopic (exact) mass is 422 g/mol. The molecular weight excluding hydrogens is 396 g/mol. The Balaban J connectivity index is 2.06. The molecule has 9 heteroatoms. The zero-order chi connectivity index (χ0) is 21.3.